The topological polar surface area (TPSA) is 60.2 Å². The Labute approximate surface area is 88.3 Å². The minimum atomic E-state index is -0.853. The first kappa shape index (κ1) is 9.90. The molecule has 1 aromatic rings. The lowest BCUT2D eigenvalue weighted by Crippen LogP contribution is -2.42. The molecule has 2 rings (SSSR count). The van der Waals surface area contributed by atoms with Crippen LogP contribution in [-0.4, -0.2) is 11.7 Å². The van der Waals surface area contributed by atoms with Gasteiger partial charge in [0.15, 0.2) is 5.78 Å². The summed E-state index contributed by atoms with van der Waals surface area (Å²) in [5.74, 6) is -0.799. The van der Waals surface area contributed by atoms with Crippen molar-refractivity contribution in [1.82, 2.24) is 0 Å². The third kappa shape index (κ3) is 1.06. The molecule has 15 heavy (non-hydrogen) atoms. The van der Waals surface area contributed by atoms with Gasteiger partial charge in [0.05, 0.1) is 5.41 Å². The number of fused-ring (bicyclic) bond motifs is 1. The molecule has 2 atom stereocenters. The predicted molar refractivity (Wildman–Crippen MR) is 56.5 cm³/mol. The fourth-order valence-electron chi connectivity index (χ4n) is 2.23. The molecule has 2 unspecified atom stereocenters. The van der Waals surface area contributed by atoms with Gasteiger partial charge in [0.1, 0.15) is 0 Å². The quantitative estimate of drug-likeness (QED) is 0.747. The molecule has 0 saturated carbocycles. The van der Waals surface area contributed by atoms with Gasteiger partial charge in [0, 0.05) is 11.5 Å². The Balaban J connectivity index is 2.71. The molecule has 0 heterocycles. The maximum atomic E-state index is 11.9. The van der Waals surface area contributed by atoms with Crippen molar-refractivity contribution >= 4 is 11.7 Å². The van der Waals surface area contributed by atoms with E-state index in [1.807, 2.05) is 12.1 Å². The second-order valence-electron chi connectivity index (χ2n) is 4.20. The van der Waals surface area contributed by atoms with E-state index in [4.69, 9.17) is 5.73 Å². The van der Waals surface area contributed by atoms with E-state index in [-0.39, 0.29) is 11.7 Å². The Bertz CT molecular complexity index is 453. The number of ketones is 1. The van der Waals surface area contributed by atoms with Gasteiger partial charge in [-0.15, -0.1) is 0 Å². The number of amides is 1. The third-order valence-corrected chi connectivity index (χ3v) is 3.52. The maximum absolute atomic E-state index is 11.9. The van der Waals surface area contributed by atoms with E-state index in [0.29, 0.717) is 5.56 Å². The van der Waals surface area contributed by atoms with Crippen molar-refractivity contribution in [3.63, 3.8) is 0 Å². The summed E-state index contributed by atoms with van der Waals surface area (Å²) in [6, 6.07) is 7.19. The molecule has 0 aliphatic heterocycles. The zero-order valence-corrected chi connectivity index (χ0v) is 8.78. The Morgan fingerprint density at radius 2 is 2.00 bits per heavy atom. The smallest absolute Gasteiger partial charge is 0.228 e. The summed E-state index contributed by atoms with van der Waals surface area (Å²) in [7, 11) is 0. The lowest BCUT2D eigenvalue weighted by Gasteiger charge is -2.25. The average Bonchev–Trinajstić information content (AvgIpc) is 2.43. The van der Waals surface area contributed by atoms with Crippen molar-refractivity contribution < 1.29 is 9.59 Å². The van der Waals surface area contributed by atoms with Crippen molar-refractivity contribution in [2.75, 3.05) is 0 Å². The standard InChI is InChI=1S/C12H13NO2/c1-7-10(14)8-5-3-4-6-9(8)12(7,2)11(13)15/h3-7H,1-2H3,(H2,13,15). The second-order valence-corrected chi connectivity index (χ2v) is 4.20. The first-order valence-electron chi connectivity index (χ1n) is 4.93. The highest BCUT2D eigenvalue weighted by Gasteiger charge is 2.50. The van der Waals surface area contributed by atoms with E-state index in [1.165, 1.54) is 0 Å². The zero-order chi connectivity index (χ0) is 11.2. The number of hydrogen-bond acceptors (Lipinski definition) is 2. The number of Topliss-reactive ketones (excluding diaryl/α,β-unsaturated/α-hetero) is 1. The highest BCUT2D eigenvalue weighted by Crippen LogP contribution is 2.42. The van der Waals surface area contributed by atoms with Gasteiger partial charge >= 0.3 is 0 Å². The molecule has 0 bridgehead atoms. The summed E-state index contributed by atoms with van der Waals surface area (Å²) < 4.78 is 0. The molecular weight excluding hydrogens is 190 g/mol. The summed E-state index contributed by atoms with van der Waals surface area (Å²) in [4.78, 5) is 23.4. The van der Waals surface area contributed by atoms with E-state index in [0.717, 1.165) is 5.56 Å². The van der Waals surface area contributed by atoms with E-state index in [2.05, 4.69) is 0 Å². The van der Waals surface area contributed by atoms with Gasteiger partial charge in [0.25, 0.3) is 0 Å². The van der Waals surface area contributed by atoms with Crippen LogP contribution in [0.15, 0.2) is 24.3 Å². The molecule has 78 valence electrons. The van der Waals surface area contributed by atoms with Gasteiger partial charge in [-0.05, 0) is 12.5 Å². The monoisotopic (exact) mass is 203 g/mol. The number of carbonyl (C=O) groups excluding carboxylic acids is 2. The van der Waals surface area contributed by atoms with Gasteiger partial charge < -0.3 is 5.73 Å². The summed E-state index contributed by atoms with van der Waals surface area (Å²) in [6.07, 6.45) is 0. The van der Waals surface area contributed by atoms with Crippen LogP contribution in [0.3, 0.4) is 0 Å². The number of rotatable bonds is 1. The molecule has 1 aliphatic carbocycles. The average molecular weight is 203 g/mol. The van der Waals surface area contributed by atoms with E-state index >= 15 is 0 Å². The van der Waals surface area contributed by atoms with Crippen molar-refractivity contribution in [3.8, 4) is 0 Å². The summed E-state index contributed by atoms with van der Waals surface area (Å²) in [5.41, 5.74) is 5.94. The maximum Gasteiger partial charge on any atom is 0.228 e. The number of hydrogen-bond donors (Lipinski definition) is 1. The highest BCUT2D eigenvalue weighted by atomic mass is 16.2. The van der Waals surface area contributed by atoms with E-state index in [9.17, 15) is 9.59 Å². The van der Waals surface area contributed by atoms with Crippen LogP contribution in [0.4, 0.5) is 0 Å². The number of nitrogens with two attached hydrogens (primary N) is 1. The number of carbonyl (C=O) groups is 2. The van der Waals surface area contributed by atoms with Gasteiger partial charge in [-0.2, -0.15) is 0 Å². The largest absolute Gasteiger partial charge is 0.369 e. The van der Waals surface area contributed by atoms with Gasteiger partial charge in [0.2, 0.25) is 5.91 Å². The lowest BCUT2D eigenvalue weighted by molar-refractivity contribution is -0.123. The molecular formula is C12H13NO2. The minimum Gasteiger partial charge on any atom is -0.369 e. The second kappa shape index (κ2) is 2.92. The number of benzene rings is 1. The van der Waals surface area contributed by atoms with Crippen molar-refractivity contribution in [1.29, 1.82) is 0 Å². The minimum absolute atomic E-state index is 0.00639. The van der Waals surface area contributed by atoms with Crippen molar-refractivity contribution in [3.05, 3.63) is 35.4 Å². The first-order valence-corrected chi connectivity index (χ1v) is 4.93. The predicted octanol–water partition coefficient (Wildman–Crippen LogP) is 1.26. The van der Waals surface area contributed by atoms with Crippen molar-refractivity contribution in [2.24, 2.45) is 11.7 Å². The van der Waals surface area contributed by atoms with Crippen LogP contribution in [0.25, 0.3) is 0 Å². The molecule has 3 nitrogen and oxygen atoms in total. The molecule has 1 aromatic carbocycles. The molecule has 2 N–H and O–H groups in total. The Morgan fingerprint density at radius 3 is 2.60 bits per heavy atom. The van der Waals surface area contributed by atoms with Crippen LogP contribution < -0.4 is 5.73 Å². The summed E-state index contributed by atoms with van der Waals surface area (Å²) >= 11 is 0. The van der Waals surface area contributed by atoms with Crippen molar-refractivity contribution in [2.45, 2.75) is 19.3 Å². The van der Waals surface area contributed by atoms with Crippen LogP contribution in [0.2, 0.25) is 0 Å². The fourth-order valence-corrected chi connectivity index (χ4v) is 2.23. The molecule has 0 aromatic heterocycles. The van der Waals surface area contributed by atoms with Gasteiger partial charge in [-0.3, -0.25) is 9.59 Å². The molecule has 3 heteroatoms. The van der Waals surface area contributed by atoms with E-state index < -0.39 is 11.3 Å². The Hall–Kier alpha value is -1.64. The SMILES string of the molecule is CC1C(=O)c2ccccc2C1(C)C(N)=O. The van der Waals surface area contributed by atoms with E-state index in [1.54, 1.807) is 26.0 Å². The number of primary amides is 1. The van der Waals surface area contributed by atoms with Gasteiger partial charge in [-0.25, -0.2) is 0 Å². The molecule has 0 fully saturated rings. The van der Waals surface area contributed by atoms with Crippen LogP contribution in [0.1, 0.15) is 29.8 Å². The van der Waals surface area contributed by atoms with Crippen LogP contribution in [-0.2, 0) is 10.2 Å². The lowest BCUT2D eigenvalue weighted by atomic mass is 9.77. The van der Waals surface area contributed by atoms with Crippen LogP contribution >= 0.6 is 0 Å². The Kier molecular flexibility index (Phi) is 1.93. The van der Waals surface area contributed by atoms with Crippen LogP contribution in [0.5, 0.6) is 0 Å². The molecule has 1 amide bonds. The summed E-state index contributed by atoms with van der Waals surface area (Å²) in [6.45, 7) is 3.50. The zero-order valence-electron chi connectivity index (χ0n) is 8.78. The van der Waals surface area contributed by atoms with Crippen LogP contribution in [0, 0.1) is 5.92 Å². The molecule has 0 spiro atoms. The first-order chi connectivity index (χ1) is 6.99. The Morgan fingerprint density at radius 1 is 1.40 bits per heavy atom. The molecule has 0 saturated heterocycles. The molecule has 1 aliphatic rings. The highest BCUT2D eigenvalue weighted by molar-refractivity contribution is 6.10. The fraction of sp³-hybridized carbons (Fsp3) is 0.333. The van der Waals surface area contributed by atoms with Gasteiger partial charge in [-0.1, -0.05) is 31.2 Å². The third-order valence-electron chi connectivity index (χ3n) is 3.52. The normalized spacial score (nSPS) is 28.9. The summed E-state index contributed by atoms with van der Waals surface area (Å²) in [5, 5.41) is 0. The molecule has 0 radical (unpaired) electrons.